The van der Waals surface area contributed by atoms with Crippen LogP contribution in [0.5, 0.6) is 0 Å². The summed E-state index contributed by atoms with van der Waals surface area (Å²) in [5, 5.41) is 0. The predicted octanol–water partition coefficient (Wildman–Crippen LogP) is -9.59. The zero-order valence-corrected chi connectivity index (χ0v) is 9.16. The van der Waals surface area contributed by atoms with E-state index in [1.165, 1.54) is 0 Å². The van der Waals surface area contributed by atoms with Gasteiger partial charge < -0.3 is 63.9 Å². The molecule has 20 N–H and O–H groups in total. The molecule has 0 heterocycles. The first-order chi connectivity index (χ1) is 2.00. The van der Waals surface area contributed by atoms with Crippen LogP contribution in [0.2, 0.25) is 0 Å². The van der Waals surface area contributed by atoms with E-state index in [4.69, 9.17) is 17.5 Å². The predicted molar refractivity (Wildman–Crippen MR) is 46.6 cm³/mol. The molecule has 0 aliphatic carbocycles. The molecule has 16 heavy (non-hydrogen) atoms. The number of hydrogen-bond donors (Lipinski definition) is 0. The van der Waals surface area contributed by atoms with Crippen molar-refractivity contribution in [3.05, 3.63) is 0 Å². The molecule has 120 valence electrons. The fourth-order valence-electron chi connectivity index (χ4n) is 0. The Labute approximate surface area is 99.9 Å². The van der Waals surface area contributed by atoms with E-state index in [1.807, 2.05) is 0 Å². The maximum Gasteiger partial charge on any atom is 2.00 e. The Morgan fingerprint density at radius 2 is 0.500 bits per heavy atom. The maximum atomic E-state index is 8.52. The van der Waals surface area contributed by atoms with E-state index in [1.54, 1.807) is 0 Å². The minimum absolute atomic E-state index is 0. The van der Waals surface area contributed by atoms with Gasteiger partial charge in [0.25, 0.3) is 0 Å². The fourth-order valence-corrected chi connectivity index (χ4v) is 0. The molecule has 0 aromatic rings. The van der Waals surface area contributed by atoms with Crippen LogP contribution in [-0.2, 0) is 26.9 Å². The largest absolute Gasteiger partial charge is 2.00 e. The molecule has 0 aliphatic rings. The van der Waals surface area contributed by atoms with E-state index in [2.05, 4.69) is 0 Å². The first-order valence-corrected chi connectivity index (χ1v) is 2.00. The minimum Gasteiger partial charge on any atom is -0.759 e. The van der Waals surface area contributed by atoms with Gasteiger partial charge in [0.1, 0.15) is 0 Å². The maximum absolute atomic E-state index is 8.52. The normalized spacial score (nSPS) is 3.62. The third-order valence-corrected chi connectivity index (χ3v) is 0. The molecule has 0 aromatic heterocycles. The summed E-state index contributed by atoms with van der Waals surface area (Å²) in [6.45, 7) is 0. The van der Waals surface area contributed by atoms with Gasteiger partial charge in [0.15, 0.2) is 0 Å². The van der Waals surface area contributed by atoms with Crippen LogP contribution in [0.1, 0.15) is 0 Å². The van der Waals surface area contributed by atoms with Gasteiger partial charge in [-0.2, -0.15) is 0 Å². The Kier molecular flexibility index (Phi) is 1170. The first-order valence-electron chi connectivity index (χ1n) is 0.667. The van der Waals surface area contributed by atoms with Crippen LogP contribution in [-0.4, -0.2) is 72.3 Å². The van der Waals surface area contributed by atoms with Crippen LogP contribution in [0.25, 0.3) is 0 Å². The molecule has 0 atom stereocenters. The standard InChI is InChI=1S/Ni.H2O4S.10H2O/c;1-5(2,3)4;;;;;;;;;;/h;(H2,1,2,3,4);10*1H2/q+2;;;;;;;;;;;/p-2. The summed E-state index contributed by atoms with van der Waals surface area (Å²) < 4.78 is 34.1. The molecule has 0 radical (unpaired) electrons. The Hall–Kier alpha value is -0.0365. The quantitative estimate of drug-likeness (QED) is 0.236. The summed E-state index contributed by atoms with van der Waals surface area (Å²) >= 11 is 0. The van der Waals surface area contributed by atoms with Gasteiger partial charge in [-0.15, -0.1) is 0 Å². The van der Waals surface area contributed by atoms with E-state index >= 15 is 0 Å². The summed E-state index contributed by atoms with van der Waals surface area (Å²) in [6, 6.07) is 0. The SMILES string of the molecule is O.O.O.O.O.O.O.O.O.O.O=S(=O)([O-])[O-].[Ni+2]. The molecule has 0 amide bonds. The van der Waals surface area contributed by atoms with Crippen LogP contribution in [0, 0.1) is 0 Å². The summed E-state index contributed by atoms with van der Waals surface area (Å²) in [6.07, 6.45) is 0. The molecule has 0 aromatic carbocycles. The molecule has 14 nitrogen and oxygen atoms in total. The van der Waals surface area contributed by atoms with E-state index in [9.17, 15) is 0 Å². The van der Waals surface area contributed by atoms with Gasteiger partial charge in [0.2, 0.25) is 0 Å². The van der Waals surface area contributed by atoms with Crippen molar-refractivity contribution in [3.63, 3.8) is 0 Å². The zero-order chi connectivity index (χ0) is 4.50. The van der Waals surface area contributed by atoms with Gasteiger partial charge >= 0.3 is 16.5 Å². The fraction of sp³-hybridized carbons (Fsp3) is 0. The summed E-state index contributed by atoms with van der Waals surface area (Å²) in [4.78, 5) is 0. The summed E-state index contributed by atoms with van der Waals surface area (Å²) in [7, 11) is -5.17. The van der Waals surface area contributed by atoms with Gasteiger partial charge in [0.05, 0.1) is 0 Å². The van der Waals surface area contributed by atoms with E-state index in [0.717, 1.165) is 0 Å². The molecule has 0 saturated carbocycles. The van der Waals surface area contributed by atoms with Crippen molar-refractivity contribution < 1.29 is 88.8 Å². The number of hydrogen-bond acceptors (Lipinski definition) is 4. The molecule has 0 bridgehead atoms. The zero-order valence-electron chi connectivity index (χ0n) is 7.36. The molecule has 0 spiro atoms. The average Bonchev–Trinajstić information content (AvgIpc) is 0.722. The first kappa shape index (κ1) is 228. The third-order valence-electron chi connectivity index (χ3n) is 0. The van der Waals surface area contributed by atoms with Gasteiger partial charge in [-0.1, -0.05) is 0 Å². The second-order valence-electron chi connectivity index (χ2n) is 0.408. The second-order valence-corrected chi connectivity index (χ2v) is 1.22. The van der Waals surface area contributed by atoms with Crippen molar-refractivity contribution in [2.24, 2.45) is 0 Å². The van der Waals surface area contributed by atoms with Crippen LogP contribution >= 0.6 is 0 Å². The monoisotopic (exact) mass is 334 g/mol. The second kappa shape index (κ2) is 82.0. The molecule has 16 heteroatoms. The Morgan fingerprint density at radius 1 is 0.500 bits per heavy atom. The van der Waals surface area contributed by atoms with Crippen molar-refractivity contribution in [2.75, 3.05) is 0 Å². The molecule has 0 fully saturated rings. The molecular weight excluding hydrogens is 315 g/mol. The topological polar surface area (TPSA) is 395 Å². The summed E-state index contributed by atoms with van der Waals surface area (Å²) in [5.74, 6) is 0. The van der Waals surface area contributed by atoms with Crippen molar-refractivity contribution in [2.45, 2.75) is 0 Å². The Balaban J connectivity index is -0.00000000145. The average molecular weight is 335 g/mol. The number of rotatable bonds is 0. The van der Waals surface area contributed by atoms with Gasteiger partial charge in [-0.3, -0.25) is 8.42 Å². The van der Waals surface area contributed by atoms with Crippen LogP contribution in [0.15, 0.2) is 0 Å². The molecular formula is H20NiO14S. The third kappa shape index (κ3) is 1760000. The molecule has 0 aliphatic heterocycles. The molecule has 0 saturated heterocycles. The molecule has 0 unspecified atom stereocenters. The van der Waals surface area contributed by atoms with Crippen molar-refractivity contribution >= 4 is 10.4 Å². The van der Waals surface area contributed by atoms with Gasteiger partial charge in [0, 0.05) is 10.4 Å². The van der Waals surface area contributed by atoms with Crippen molar-refractivity contribution in [1.82, 2.24) is 0 Å². The van der Waals surface area contributed by atoms with Crippen LogP contribution in [0.3, 0.4) is 0 Å². The van der Waals surface area contributed by atoms with Crippen LogP contribution in [0.4, 0.5) is 0 Å². The summed E-state index contributed by atoms with van der Waals surface area (Å²) in [5.41, 5.74) is 0. The Bertz CT molecular complexity index is 93.9. The van der Waals surface area contributed by atoms with Crippen LogP contribution < -0.4 is 0 Å². The van der Waals surface area contributed by atoms with E-state index in [-0.39, 0.29) is 71.3 Å². The molecule has 0 rings (SSSR count). The smallest absolute Gasteiger partial charge is 0.759 e. The van der Waals surface area contributed by atoms with E-state index in [0.29, 0.717) is 0 Å². The van der Waals surface area contributed by atoms with Gasteiger partial charge in [-0.25, -0.2) is 0 Å². The van der Waals surface area contributed by atoms with Crippen molar-refractivity contribution in [1.29, 1.82) is 0 Å². The minimum atomic E-state index is -5.17. The van der Waals surface area contributed by atoms with Gasteiger partial charge in [-0.05, 0) is 0 Å². The van der Waals surface area contributed by atoms with E-state index < -0.39 is 10.4 Å². The van der Waals surface area contributed by atoms with Crippen molar-refractivity contribution in [3.8, 4) is 0 Å². The Morgan fingerprint density at radius 3 is 0.500 bits per heavy atom.